The molecule has 0 spiro atoms. The van der Waals surface area contributed by atoms with Crippen molar-refractivity contribution in [3.63, 3.8) is 0 Å². The second-order valence-corrected chi connectivity index (χ2v) is 7.10. The number of amides is 1. The van der Waals surface area contributed by atoms with Crippen LogP contribution < -0.4 is 5.32 Å². The molecule has 0 aromatic carbocycles. The van der Waals surface area contributed by atoms with Crippen molar-refractivity contribution in [2.45, 2.75) is 96.9 Å². The lowest BCUT2D eigenvalue weighted by molar-refractivity contribution is -0.271. The van der Waals surface area contributed by atoms with Gasteiger partial charge in [0.1, 0.15) is 12.1 Å². The minimum atomic E-state index is -1.33. The minimum Gasteiger partial charge on any atom is -0.456 e. The van der Waals surface area contributed by atoms with Crippen molar-refractivity contribution in [3.8, 4) is 0 Å². The fourth-order valence-electron chi connectivity index (χ4n) is 3.04. The van der Waals surface area contributed by atoms with E-state index in [2.05, 4.69) is 5.32 Å². The first-order valence-electron chi connectivity index (χ1n) is 10.4. The molecule has 0 radical (unpaired) electrons. The maximum absolute atomic E-state index is 12.2. The third-order valence-corrected chi connectivity index (χ3v) is 4.34. The smallest absolute Gasteiger partial charge is 0.308 e. The highest BCUT2D eigenvalue weighted by Gasteiger charge is 2.52. The number of aliphatic hydroxyl groups excluding tert-OH is 1. The molecule has 0 aromatic rings. The number of hydrogen-bond donors (Lipinski definition) is 2. The lowest BCUT2D eigenvalue weighted by atomic mass is 9.96. The van der Waals surface area contributed by atoms with Crippen LogP contribution >= 0.6 is 0 Å². The second-order valence-electron chi connectivity index (χ2n) is 7.10. The summed E-state index contributed by atoms with van der Waals surface area (Å²) >= 11 is 0. The van der Waals surface area contributed by atoms with Gasteiger partial charge in [-0.1, -0.05) is 20.8 Å². The van der Waals surface area contributed by atoms with Crippen LogP contribution in [0.25, 0.3) is 0 Å². The zero-order valence-corrected chi connectivity index (χ0v) is 18.0. The van der Waals surface area contributed by atoms with Crippen molar-refractivity contribution in [2.75, 3.05) is 6.61 Å². The van der Waals surface area contributed by atoms with Crippen LogP contribution in [0.2, 0.25) is 0 Å². The van der Waals surface area contributed by atoms with Gasteiger partial charge in [0.15, 0.2) is 12.2 Å². The van der Waals surface area contributed by atoms with Gasteiger partial charge in [-0.3, -0.25) is 19.2 Å². The van der Waals surface area contributed by atoms with Crippen LogP contribution in [0, 0.1) is 0 Å². The van der Waals surface area contributed by atoms with E-state index in [1.54, 1.807) is 20.8 Å². The van der Waals surface area contributed by atoms with Crippen LogP contribution in [0.5, 0.6) is 0 Å². The Balaban J connectivity index is 3.26. The van der Waals surface area contributed by atoms with E-state index in [0.717, 1.165) is 0 Å². The van der Waals surface area contributed by atoms with Crippen molar-refractivity contribution < 1.29 is 43.2 Å². The van der Waals surface area contributed by atoms with Gasteiger partial charge in [-0.05, 0) is 19.3 Å². The lowest BCUT2D eigenvalue weighted by Gasteiger charge is -2.44. The number of esters is 3. The summed E-state index contributed by atoms with van der Waals surface area (Å²) < 4.78 is 22.0. The van der Waals surface area contributed by atoms with Gasteiger partial charge in [0.25, 0.3) is 0 Å². The van der Waals surface area contributed by atoms with Crippen LogP contribution in [0.1, 0.15) is 66.2 Å². The molecule has 0 aliphatic carbocycles. The van der Waals surface area contributed by atoms with Crippen molar-refractivity contribution in [1.82, 2.24) is 5.32 Å². The summed E-state index contributed by atoms with van der Waals surface area (Å²) in [6, 6.07) is -1.12. The number of hydrogen-bond acceptors (Lipinski definition) is 9. The van der Waals surface area contributed by atoms with E-state index < -0.39 is 61.1 Å². The van der Waals surface area contributed by atoms with E-state index >= 15 is 0 Å². The Kier molecular flexibility index (Phi) is 11.3. The van der Waals surface area contributed by atoms with Gasteiger partial charge in [0.2, 0.25) is 12.2 Å². The first kappa shape index (κ1) is 25.8. The van der Waals surface area contributed by atoms with E-state index in [9.17, 15) is 24.3 Å². The molecular formula is C20H33NO9. The highest BCUT2D eigenvalue weighted by molar-refractivity contribution is 5.74. The quantitative estimate of drug-likeness (QED) is 0.362. The van der Waals surface area contributed by atoms with Gasteiger partial charge in [-0.25, -0.2) is 0 Å². The summed E-state index contributed by atoms with van der Waals surface area (Å²) in [6.07, 6.45) is -2.92. The maximum Gasteiger partial charge on any atom is 0.308 e. The van der Waals surface area contributed by atoms with Crippen molar-refractivity contribution in [3.05, 3.63) is 0 Å². The first-order valence-corrected chi connectivity index (χ1v) is 10.4. The van der Waals surface area contributed by atoms with E-state index in [1.807, 2.05) is 0 Å². The molecule has 172 valence electrons. The number of rotatable bonds is 11. The molecule has 1 aliphatic rings. The molecule has 1 fully saturated rings. The number of carbonyl (C=O) groups excluding carboxylic acids is 4. The van der Waals surface area contributed by atoms with Gasteiger partial charge < -0.3 is 29.4 Å². The topological polar surface area (TPSA) is 137 Å². The third-order valence-electron chi connectivity index (χ3n) is 4.34. The zero-order valence-electron chi connectivity index (χ0n) is 18.0. The minimum absolute atomic E-state index is 0.101. The summed E-state index contributed by atoms with van der Waals surface area (Å²) in [7, 11) is 0. The Bertz CT molecular complexity index is 595. The Morgan fingerprint density at radius 3 is 1.73 bits per heavy atom. The molecule has 1 saturated heterocycles. The third kappa shape index (κ3) is 7.91. The van der Waals surface area contributed by atoms with E-state index in [1.165, 1.54) is 6.92 Å². The van der Waals surface area contributed by atoms with Crippen LogP contribution in [-0.4, -0.2) is 66.2 Å². The highest BCUT2D eigenvalue weighted by atomic mass is 16.7. The average molecular weight is 431 g/mol. The van der Waals surface area contributed by atoms with Gasteiger partial charge in [-0.2, -0.15) is 0 Å². The summed E-state index contributed by atoms with van der Waals surface area (Å²) in [5.41, 5.74) is 0. The predicted octanol–water partition coefficient (Wildman–Crippen LogP) is 0.975. The molecule has 0 saturated carbocycles. The normalized spacial score (nSPS) is 25.8. The molecule has 0 aromatic heterocycles. The van der Waals surface area contributed by atoms with Crippen molar-refractivity contribution >= 4 is 23.8 Å². The fourth-order valence-corrected chi connectivity index (χ4v) is 3.04. The zero-order chi connectivity index (χ0) is 22.7. The number of aliphatic hydroxyl groups is 1. The Hall–Kier alpha value is -2.20. The summed E-state index contributed by atoms with van der Waals surface area (Å²) in [6.45, 7) is 6.04. The van der Waals surface area contributed by atoms with Gasteiger partial charge >= 0.3 is 17.9 Å². The standard InChI is InChI=1S/C20H33NO9/c1-5-8-14(24)28-18-13(11-22)27-20(30-16(26)10-7-3)17(21-12(4)23)19(18)29-15(25)9-6-2/h13,17-20,22H,5-11H2,1-4H3,(H,21,23)/t13?,17?,18-,19-,20+/m1/s1. The summed E-state index contributed by atoms with van der Waals surface area (Å²) in [5.74, 6) is -2.21. The summed E-state index contributed by atoms with van der Waals surface area (Å²) in [5, 5.41) is 12.4. The molecule has 1 rings (SSSR count). The lowest BCUT2D eigenvalue weighted by Crippen LogP contribution is -2.66. The monoisotopic (exact) mass is 431 g/mol. The summed E-state index contributed by atoms with van der Waals surface area (Å²) in [4.78, 5) is 48.2. The molecule has 1 amide bonds. The van der Waals surface area contributed by atoms with Gasteiger partial charge in [0.05, 0.1) is 6.61 Å². The predicted molar refractivity (Wildman–Crippen MR) is 104 cm³/mol. The van der Waals surface area contributed by atoms with E-state index in [4.69, 9.17) is 18.9 Å². The van der Waals surface area contributed by atoms with Crippen LogP contribution in [0.15, 0.2) is 0 Å². The average Bonchev–Trinajstić information content (AvgIpc) is 2.66. The number of carbonyl (C=O) groups is 4. The molecule has 0 bridgehead atoms. The van der Waals surface area contributed by atoms with Gasteiger partial charge in [-0.15, -0.1) is 0 Å². The van der Waals surface area contributed by atoms with Crippen molar-refractivity contribution in [2.24, 2.45) is 0 Å². The molecule has 5 atom stereocenters. The highest BCUT2D eigenvalue weighted by Crippen LogP contribution is 2.28. The van der Waals surface area contributed by atoms with E-state index in [0.29, 0.717) is 19.3 Å². The molecule has 1 aliphatic heterocycles. The van der Waals surface area contributed by atoms with E-state index in [-0.39, 0.29) is 19.3 Å². The van der Waals surface area contributed by atoms with Crippen LogP contribution in [-0.2, 0) is 38.1 Å². The van der Waals surface area contributed by atoms with Gasteiger partial charge in [0, 0.05) is 26.2 Å². The number of ether oxygens (including phenoxy) is 4. The Labute approximate surface area is 176 Å². The molecule has 1 heterocycles. The molecule has 10 nitrogen and oxygen atoms in total. The fraction of sp³-hybridized carbons (Fsp3) is 0.800. The van der Waals surface area contributed by atoms with Crippen LogP contribution in [0.4, 0.5) is 0 Å². The largest absolute Gasteiger partial charge is 0.456 e. The number of nitrogens with one attached hydrogen (secondary N) is 1. The van der Waals surface area contributed by atoms with Crippen molar-refractivity contribution in [1.29, 1.82) is 0 Å². The second kappa shape index (κ2) is 13.2. The molecular weight excluding hydrogens is 398 g/mol. The Morgan fingerprint density at radius 1 is 0.833 bits per heavy atom. The maximum atomic E-state index is 12.2. The Morgan fingerprint density at radius 2 is 1.30 bits per heavy atom. The van der Waals surface area contributed by atoms with Crippen LogP contribution in [0.3, 0.4) is 0 Å². The molecule has 30 heavy (non-hydrogen) atoms. The molecule has 2 unspecified atom stereocenters. The molecule has 2 N–H and O–H groups in total. The SMILES string of the molecule is CCCC(=O)O[C@@H]1OC(CO)[C@@H](OC(=O)CCC)[C@H](OC(=O)CCC)C1NC(C)=O. The molecule has 10 heteroatoms. The first-order chi connectivity index (χ1) is 14.3.